The average molecular weight is 312 g/mol. The summed E-state index contributed by atoms with van der Waals surface area (Å²) in [5.41, 5.74) is 0.395. The quantitative estimate of drug-likeness (QED) is 0.272. The van der Waals surface area contributed by atoms with Gasteiger partial charge < -0.3 is 0 Å². The van der Waals surface area contributed by atoms with Gasteiger partial charge in [-0.05, 0) is 46.2 Å². The molecule has 0 aliphatic heterocycles. The van der Waals surface area contributed by atoms with E-state index in [0.717, 1.165) is 0 Å². The maximum absolute atomic E-state index is 2.71. The van der Waals surface area contributed by atoms with Crippen LogP contribution in [0.4, 0.5) is 0 Å². The molecule has 0 saturated heterocycles. The zero-order chi connectivity index (χ0) is 16.7. The van der Waals surface area contributed by atoms with Crippen LogP contribution in [0.15, 0.2) is 0 Å². The van der Waals surface area contributed by atoms with Crippen molar-refractivity contribution in [2.75, 3.05) is 13.1 Å². The first-order chi connectivity index (χ1) is 10.6. The fraction of sp³-hybridized carbons (Fsp3) is 1.00. The molecule has 0 N–H and O–H groups in total. The van der Waals surface area contributed by atoms with Gasteiger partial charge in [0.2, 0.25) is 0 Å². The molecular weight excluding hydrogens is 266 g/mol. The van der Waals surface area contributed by atoms with Gasteiger partial charge in [0.25, 0.3) is 0 Å². The Bertz CT molecular complexity index is 216. The van der Waals surface area contributed by atoms with Crippen molar-refractivity contribution < 1.29 is 0 Å². The SMILES string of the molecule is CCCCCCCCCCCCC(C)(C)N(CCC)CCC. The highest BCUT2D eigenvalue weighted by atomic mass is 15.2. The molecule has 0 aliphatic rings. The largest absolute Gasteiger partial charge is 0.298 e. The van der Waals surface area contributed by atoms with E-state index >= 15 is 0 Å². The van der Waals surface area contributed by atoms with E-state index in [9.17, 15) is 0 Å². The van der Waals surface area contributed by atoms with Gasteiger partial charge in [0.1, 0.15) is 0 Å². The molecule has 0 fully saturated rings. The Morgan fingerprint density at radius 2 is 0.955 bits per heavy atom. The number of nitrogens with zero attached hydrogens (tertiary/aromatic N) is 1. The van der Waals surface area contributed by atoms with Crippen molar-refractivity contribution in [2.24, 2.45) is 0 Å². The highest BCUT2D eigenvalue weighted by molar-refractivity contribution is 4.81. The second kappa shape index (κ2) is 14.5. The van der Waals surface area contributed by atoms with Gasteiger partial charge in [0, 0.05) is 5.54 Å². The smallest absolute Gasteiger partial charge is 0.0153 e. The van der Waals surface area contributed by atoms with E-state index in [1.165, 1.54) is 96.6 Å². The summed E-state index contributed by atoms with van der Waals surface area (Å²) in [5.74, 6) is 0. The minimum Gasteiger partial charge on any atom is -0.298 e. The van der Waals surface area contributed by atoms with E-state index in [0.29, 0.717) is 5.54 Å². The normalized spacial score (nSPS) is 12.3. The minimum atomic E-state index is 0.395. The summed E-state index contributed by atoms with van der Waals surface area (Å²) in [6, 6.07) is 0. The Morgan fingerprint density at radius 1 is 0.545 bits per heavy atom. The molecule has 0 rings (SSSR count). The molecule has 0 unspecified atom stereocenters. The molecule has 0 aliphatic carbocycles. The second-order valence-corrected chi connectivity index (χ2v) is 7.73. The van der Waals surface area contributed by atoms with Gasteiger partial charge in [-0.25, -0.2) is 0 Å². The molecule has 0 heterocycles. The molecule has 1 nitrogen and oxygen atoms in total. The van der Waals surface area contributed by atoms with Gasteiger partial charge in [0.05, 0.1) is 0 Å². The fourth-order valence-corrected chi connectivity index (χ4v) is 3.46. The molecule has 0 bridgehead atoms. The summed E-state index contributed by atoms with van der Waals surface area (Å²) in [7, 11) is 0. The summed E-state index contributed by atoms with van der Waals surface area (Å²) < 4.78 is 0. The highest BCUT2D eigenvalue weighted by Gasteiger charge is 2.24. The van der Waals surface area contributed by atoms with E-state index in [-0.39, 0.29) is 0 Å². The predicted molar refractivity (Wildman–Crippen MR) is 103 cm³/mol. The van der Waals surface area contributed by atoms with Crippen LogP contribution >= 0.6 is 0 Å². The van der Waals surface area contributed by atoms with Crippen molar-refractivity contribution in [1.82, 2.24) is 4.90 Å². The summed E-state index contributed by atoms with van der Waals surface area (Å²) in [6.07, 6.45) is 18.3. The zero-order valence-corrected chi connectivity index (χ0v) is 16.6. The molecule has 0 aromatic carbocycles. The molecule has 0 radical (unpaired) electrons. The van der Waals surface area contributed by atoms with E-state index in [1.807, 2.05) is 0 Å². The Balaban J connectivity index is 3.62. The molecule has 0 saturated carbocycles. The molecule has 134 valence electrons. The first-order valence-corrected chi connectivity index (χ1v) is 10.3. The van der Waals surface area contributed by atoms with E-state index in [4.69, 9.17) is 0 Å². The van der Waals surface area contributed by atoms with Crippen molar-refractivity contribution in [3.8, 4) is 0 Å². The molecule has 0 amide bonds. The first kappa shape index (κ1) is 22.0. The van der Waals surface area contributed by atoms with Crippen LogP contribution in [0, 0.1) is 0 Å². The van der Waals surface area contributed by atoms with Crippen molar-refractivity contribution in [2.45, 2.75) is 124 Å². The van der Waals surface area contributed by atoms with Crippen LogP contribution in [0.2, 0.25) is 0 Å². The average Bonchev–Trinajstić information content (AvgIpc) is 2.49. The lowest BCUT2D eigenvalue weighted by Crippen LogP contribution is -2.44. The van der Waals surface area contributed by atoms with Crippen LogP contribution in [0.1, 0.15) is 118 Å². The minimum absolute atomic E-state index is 0.395. The van der Waals surface area contributed by atoms with Crippen LogP contribution in [0.5, 0.6) is 0 Å². The third kappa shape index (κ3) is 11.5. The summed E-state index contributed by atoms with van der Waals surface area (Å²) in [4.78, 5) is 2.71. The zero-order valence-electron chi connectivity index (χ0n) is 16.6. The molecule has 0 spiro atoms. The van der Waals surface area contributed by atoms with Gasteiger partial charge in [-0.2, -0.15) is 0 Å². The van der Waals surface area contributed by atoms with Crippen LogP contribution in [-0.2, 0) is 0 Å². The summed E-state index contributed by atoms with van der Waals surface area (Å²) in [5, 5.41) is 0. The van der Waals surface area contributed by atoms with E-state index in [1.54, 1.807) is 0 Å². The van der Waals surface area contributed by atoms with Gasteiger partial charge in [-0.3, -0.25) is 4.90 Å². The number of hydrogen-bond donors (Lipinski definition) is 0. The van der Waals surface area contributed by atoms with Crippen molar-refractivity contribution in [1.29, 1.82) is 0 Å². The topological polar surface area (TPSA) is 3.24 Å². The maximum atomic E-state index is 2.71. The molecule has 0 atom stereocenters. The highest BCUT2D eigenvalue weighted by Crippen LogP contribution is 2.23. The fourth-order valence-electron chi connectivity index (χ4n) is 3.46. The molecular formula is C21H45N. The van der Waals surface area contributed by atoms with Gasteiger partial charge in [-0.15, -0.1) is 0 Å². The van der Waals surface area contributed by atoms with Gasteiger partial charge >= 0.3 is 0 Å². The number of unbranched alkanes of at least 4 members (excludes halogenated alkanes) is 9. The van der Waals surface area contributed by atoms with Crippen LogP contribution < -0.4 is 0 Å². The van der Waals surface area contributed by atoms with E-state index in [2.05, 4.69) is 39.5 Å². The van der Waals surface area contributed by atoms with Crippen molar-refractivity contribution in [3.05, 3.63) is 0 Å². The lowest BCUT2D eigenvalue weighted by molar-refractivity contribution is 0.108. The number of rotatable bonds is 16. The summed E-state index contributed by atoms with van der Waals surface area (Å²) >= 11 is 0. The Kier molecular flexibility index (Phi) is 14.5. The van der Waals surface area contributed by atoms with E-state index < -0.39 is 0 Å². The number of hydrogen-bond acceptors (Lipinski definition) is 1. The lowest BCUT2D eigenvalue weighted by atomic mass is 9.93. The third-order valence-electron chi connectivity index (χ3n) is 4.99. The molecule has 0 aromatic heterocycles. The van der Waals surface area contributed by atoms with Gasteiger partial charge in [-0.1, -0.05) is 85.0 Å². The van der Waals surface area contributed by atoms with Crippen LogP contribution in [0.25, 0.3) is 0 Å². The molecule has 1 heteroatoms. The molecule has 22 heavy (non-hydrogen) atoms. The van der Waals surface area contributed by atoms with Crippen molar-refractivity contribution in [3.63, 3.8) is 0 Å². The Morgan fingerprint density at radius 3 is 1.36 bits per heavy atom. The predicted octanol–water partition coefficient (Wildman–Crippen LogP) is 7.20. The standard InChI is InChI=1S/C21H45N/c1-6-9-10-11-12-13-14-15-16-17-18-21(4,5)22(19-7-2)20-8-3/h6-20H2,1-5H3. The monoisotopic (exact) mass is 311 g/mol. The summed E-state index contributed by atoms with van der Waals surface area (Å²) in [6.45, 7) is 14.3. The third-order valence-corrected chi connectivity index (χ3v) is 4.99. The first-order valence-electron chi connectivity index (χ1n) is 10.3. The molecule has 0 aromatic rings. The van der Waals surface area contributed by atoms with Crippen molar-refractivity contribution >= 4 is 0 Å². The van der Waals surface area contributed by atoms with Crippen LogP contribution in [0.3, 0.4) is 0 Å². The second-order valence-electron chi connectivity index (χ2n) is 7.73. The van der Waals surface area contributed by atoms with Gasteiger partial charge in [0.15, 0.2) is 0 Å². The Hall–Kier alpha value is -0.0400. The lowest BCUT2D eigenvalue weighted by Gasteiger charge is -2.38. The maximum Gasteiger partial charge on any atom is 0.0153 e. The van der Waals surface area contributed by atoms with Crippen LogP contribution in [-0.4, -0.2) is 23.5 Å². The Labute approximate surface area is 142 Å².